The highest BCUT2D eigenvalue weighted by molar-refractivity contribution is 5.91. The molecule has 0 unspecified atom stereocenters. The van der Waals surface area contributed by atoms with Gasteiger partial charge in [0, 0.05) is 45.0 Å². The summed E-state index contributed by atoms with van der Waals surface area (Å²) in [5, 5.41) is 7.13. The highest BCUT2D eigenvalue weighted by atomic mass is 16.5. The van der Waals surface area contributed by atoms with Crippen LogP contribution in [0.4, 0.5) is 22.2 Å². The molecule has 10 heteroatoms. The van der Waals surface area contributed by atoms with Gasteiger partial charge in [-0.2, -0.15) is 4.98 Å². The SMILES string of the molecule is COc1nn(C)c(C)c1NC(=O)N1CCN(c2cc(C)nc(N)n2)CC1. The summed E-state index contributed by atoms with van der Waals surface area (Å²) in [4.78, 5) is 24.8. The minimum absolute atomic E-state index is 0.169. The van der Waals surface area contributed by atoms with Crippen molar-refractivity contribution in [2.45, 2.75) is 13.8 Å². The predicted octanol–water partition coefficient (Wildman–Crippen LogP) is 0.772. The number of nitrogen functional groups attached to an aromatic ring is 1. The van der Waals surface area contributed by atoms with Crippen LogP contribution in [0, 0.1) is 13.8 Å². The summed E-state index contributed by atoms with van der Waals surface area (Å²) in [5.74, 6) is 1.46. The van der Waals surface area contributed by atoms with Crippen molar-refractivity contribution >= 4 is 23.5 Å². The summed E-state index contributed by atoms with van der Waals surface area (Å²) in [6.07, 6.45) is 0. The zero-order valence-electron chi connectivity index (χ0n) is 15.5. The lowest BCUT2D eigenvalue weighted by Crippen LogP contribution is -2.50. The highest BCUT2D eigenvalue weighted by Gasteiger charge is 2.24. The molecular formula is C16H24N8O2. The molecule has 0 atom stereocenters. The Labute approximate surface area is 151 Å². The van der Waals surface area contributed by atoms with Crippen molar-refractivity contribution < 1.29 is 9.53 Å². The minimum atomic E-state index is -0.169. The van der Waals surface area contributed by atoms with Gasteiger partial charge in [-0.1, -0.05) is 0 Å². The molecule has 10 nitrogen and oxygen atoms in total. The Morgan fingerprint density at radius 3 is 2.54 bits per heavy atom. The van der Waals surface area contributed by atoms with E-state index in [2.05, 4.69) is 25.3 Å². The molecule has 2 aromatic rings. The zero-order valence-corrected chi connectivity index (χ0v) is 15.5. The molecule has 1 fully saturated rings. The molecule has 2 aromatic heterocycles. The molecule has 3 N–H and O–H groups in total. The van der Waals surface area contributed by atoms with Crippen molar-refractivity contribution in [2.24, 2.45) is 7.05 Å². The van der Waals surface area contributed by atoms with E-state index in [1.165, 1.54) is 7.11 Å². The Hall–Kier alpha value is -3.04. The van der Waals surface area contributed by atoms with E-state index < -0.39 is 0 Å². The van der Waals surface area contributed by atoms with Crippen molar-refractivity contribution in [3.05, 3.63) is 17.5 Å². The van der Waals surface area contributed by atoms with Gasteiger partial charge in [-0.05, 0) is 13.8 Å². The number of carbonyl (C=O) groups is 1. The minimum Gasteiger partial charge on any atom is -0.478 e. The highest BCUT2D eigenvalue weighted by Crippen LogP contribution is 2.27. The summed E-state index contributed by atoms with van der Waals surface area (Å²) in [5.41, 5.74) is 7.99. The Morgan fingerprint density at radius 2 is 1.92 bits per heavy atom. The second-order valence-corrected chi connectivity index (χ2v) is 6.22. The third-order valence-electron chi connectivity index (χ3n) is 4.48. The number of nitrogens with one attached hydrogen (secondary N) is 1. The topological polar surface area (TPSA) is 114 Å². The number of aromatic nitrogens is 4. The molecule has 3 rings (SSSR count). The Morgan fingerprint density at radius 1 is 1.23 bits per heavy atom. The van der Waals surface area contributed by atoms with Gasteiger partial charge in [-0.15, -0.1) is 5.10 Å². The van der Waals surface area contributed by atoms with Crippen molar-refractivity contribution in [2.75, 3.05) is 49.2 Å². The van der Waals surface area contributed by atoms with Gasteiger partial charge in [0.2, 0.25) is 5.95 Å². The van der Waals surface area contributed by atoms with E-state index in [4.69, 9.17) is 10.5 Å². The van der Waals surface area contributed by atoms with Crippen LogP contribution in [0.2, 0.25) is 0 Å². The average Bonchev–Trinajstić information content (AvgIpc) is 2.88. The fourth-order valence-corrected chi connectivity index (χ4v) is 2.93. The molecule has 1 aliphatic rings. The van der Waals surface area contributed by atoms with Gasteiger partial charge in [-0.25, -0.2) is 9.78 Å². The number of hydrogen-bond donors (Lipinski definition) is 2. The van der Waals surface area contributed by atoms with Crippen molar-refractivity contribution in [1.82, 2.24) is 24.6 Å². The number of nitrogens with two attached hydrogens (primary N) is 1. The number of urea groups is 1. The van der Waals surface area contributed by atoms with Gasteiger partial charge in [0.15, 0.2) is 0 Å². The van der Waals surface area contributed by atoms with Crippen LogP contribution in [-0.4, -0.2) is 64.0 Å². The molecule has 140 valence electrons. The van der Waals surface area contributed by atoms with Crippen LogP contribution in [0.25, 0.3) is 0 Å². The van der Waals surface area contributed by atoms with Gasteiger partial charge < -0.3 is 25.6 Å². The Bertz CT molecular complexity index is 791. The number of anilines is 3. The normalized spacial score (nSPS) is 14.5. The Kier molecular flexibility index (Phi) is 4.83. The van der Waals surface area contributed by atoms with Crippen molar-refractivity contribution in [3.8, 4) is 5.88 Å². The smallest absolute Gasteiger partial charge is 0.322 e. The number of aryl methyl sites for hydroxylation is 2. The maximum absolute atomic E-state index is 12.6. The van der Waals surface area contributed by atoms with E-state index in [1.807, 2.05) is 27.0 Å². The summed E-state index contributed by atoms with van der Waals surface area (Å²) < 4.78 is 6.91. The summed E-state index contributed by atoms with van der Waals surface area (Å²) >= 11 is 0. The fraction of sp³-hybridized carbons (Fsp3) is 0.500. The van der Waals surface area contributed by atoms with E-state index in [9.17, 15) is 4.79 Å². The third-order valence-corrected chi connectivity index (χ3v) is 4.48. The number of piperazine rings is 1. The monoisotopic (exact) mass is 360 g/mol. The molecule has 2 amide bonds. The quantitative estimate of drug-likeness (QED) is 0.831. The first-order valence-corrected chi connectivity index (χ1v) is 8.38. The summed E-state index contributed by atoms with van der Waals surface area (Å²) in [7, 11) is 3.34. The standard InChI is InChI=1S/C16H24N8O2/c1-10-9-12(19-15(17)18-10)23-5-7-24(8-6-23)16(25)20-13-11(2)22(3)21-14(13)26-4/h9H,5-8H2,1-4H3,(H,20,25)(H2,17,18,19). The van der Waals surface area contributed by atoms with Gasteiger partial charge >= 0.3 is 6.03 Å². The van der Waals surface area contributed by atoms with E-state index >= 15 is 0 Å². The van der Waals surface area contributed by atoms with Crippen LogP contribution in [-0.2, 0) is 7.05 Å². The second kappa shape index (κ2) is 7.06. The lowest BCUT2D eigenvalue weighted by atomic mass is 10.3. The zero-order chi connectivity index (χ0) is 18.8. The molecule has 1 saturated heterocycles. The maximum atomic E-state index is 12.6. The van der Waals surface area contributed by atoms with E-state index in [0.717, 1.165) is 17.2 Å². The summed E-state index contributed by atoms with van der Waals surface area (Å²) in [6, 6.07) is 1.73. The molecule has 3 heterocycles. The van der Waals surface area contributed by atoms with Gasteiger partial charge in [0.05, 0.1) is 12.8 Å². The maximum Gasteiger partial charge on any atom is 0.322 e. The van der Waals surface area contributed by atoms with Crippen molar-refractivity contribution in [1.29, 1.82) is 0 Å². The largest absolute Gasteiger partial charge is 0.478 e. The second-order valence-electron chi connectivity index (χ2n) is 6.22. The molecule has 0 aromatic carbocycles. The third kappa shape index (κ3) is 3.48. The van der Waals surface area contributed by atoms with Crippen LogP contribution >= 0.6 is 0 Å². The first-order valence-electron chi connectivity index (χ1n) is 8.38. The number of rotatable bonds is 3. The average molecular weight is 360 g/mol. The van der Waals surface area contributed by atoms with Crippen LogP contribution in [0.1, 0.15) is 11.4 Å². The number of amides is 2. The van der Waals surface area contributed by atoms with Crippen LogP contribution in [0.15, 0.2) is 6.07 Å². The van der Waals surface area contributed by atoms with E-state index in [-0.39, 0.29) is 12.0 Å². The molecular weight excluding hydrogens is 336 g/mol. The molecule has 0 radical (unpaired) electrons. The first-order chi connectivity index (χ1) is 12.4. The molecule has 0 saturated carbocycles. The number of ether oxygens (including phenoxy) is 1. The molecule has 0 bridgehead atoms. The molecule has 26 heavy (non-hydrogen) atoms. The van der Waals surface area contributed by atoms with Gasteiger partial charge in [0.1, 0.15) is 11.5 Å². The lowest BCUT2D eigenvalue weighted by Gasteiger charge is -2.35. The van der Waals surface area contributed by atoms with E-state index in [1.54, 1.807) is 9.58 Å². The molecule has 1 aliphatic heterocycles. The van der Waals surface area contributed by atoms with Gasteiger partial charge in [-0.3, -0.25) is 4.68 Å². The molecule has 0 spiro atoms. The van der Waals surface area contributed by atoms with Gasteiger partial charge in [0.25, 0.3) is 5.88 Å². The number of carbonyl (C=O) groups excluding carboxylic acids is 1. The van der Waals surface area contributed by atoms with Crippen LogP contribution < -0.4 is 20.7 Å². The number of hydrogen-bond acceptors (Lipinski definition) is 7. The molecule has 0 aliphatic carbocycles. The van der Waals surface area contributed by atoms with Crippen LogP contribution in [0.3, 0.4) is 0 Å². The first kappa shape index (κ1) is 17.8. The number of nitrogens with zero attached hydrogens (tertiary/aromatic N) is 6. The van der Waals surface area contributed by atoms with E-state index in [0.29, 0.717) is 37.7 Å². The summed E-state index contributed by atoms with van der Waals surface area (Å²) in [6.45, 7) is 6.27. The lowest BCUT2D eigenvalue weighted by molar-refractivity contribution is 0.208. The Balaban J connectivity index is 1.64. The fourth-order valence-electron chi connectivity index (χ4n) is 2.93. The predicted molar refractivity (Wildman–Crippen MR) is 98.5 cm³/mol. The van der Waals surface area contributed by atoms with Crippen LogP contribution in [0.5, 0.6) is 5.88 Å². The van der Waals surface area contributed by atoms with Crippen molar-refractivity contribution in [3.63, 3.8) is 0 Å². The number of methoxy groups -OCH3 is 1.